The van der Waals surface area contributed by atoms with Crippen molar-refractivity contribution in [1.29, 1.82) is 0 Å². The van der Waals surface area contributed by atoms with Gasteiger partial charge in [-0.1, -0.05) is 6.92 Å². The molecule has 19 heavy (non-hydrogen) atoms. The average Bonchev–Trinajstić information content (AvgIpc) is 2.38. The molecule has 1 amide bonds. The van der Waals surface area contributed by atoms with Crippen LogP contribution in [0.4, 0.5) is 8.78 Å². The number of halogens is 2. The Hall–Kier alpha value is -1.14. The van der Waals surface area contributed by atoms with Crippen molar-refractivity contribution < 1.29 is 18.7 Å². The maximum Gasteiger partial charge on any atom is 0.230 e. The Morgan fingerprint density at radius 1 is 1.42 bits per heavy atom. The zero-order chi connectivity index (χ0) is 14.3. The van der Waals surface area contributed by atoms with Crippen LogP contribution in [0.25, 0.3) is 0 Å². The van der Waals surface area contributed by atoms with E-state index in [-0.39, 0.29) is 24.2 Å². The fraction of sp³-hybridized carbons (Fsp3) is 0.462. The van der Waals surface area contributed by atoms with Crippen LogP contribution >= 0.6 is 11.8 Å². The molecule has 2 N–H and O–H groups in total. The van der Waals surface area contributed by atoms with E-state index < -0.39 is 11.6 Å². The fourth-order valence-electron chi connectivity index (χ4n) is 1.38. The van der Waals surface area contributed by atoms with Gasteiger partial charge < -0.3 is 10.4 Å². The van der Waals surface area contributed by atoms with Crippen LogP contribution in [0.5, 0.6) is 0 Å². The average molecular weight is 289 g/mol. The first kappa shape index (κ1) is 15.9. The van der Waals surface area contributed by atoms with Gasteiger partial charge in [0.25, 0.3) is 0 Å². The lowest BCUT2D eigenvalue weighted by molar-refractivity contribution is -0.118. The molecule has 3 nitrogen and oxygen atoms in total. The summed E-state index contributed by atoms with van der Waals surface area (Å²) in [5, 5.41) is 11.4. The Morgan fingerprint density at radius 3 is 2.79 bits per heavy atom. The first-order chi connectivity index (χ1) is 9.02. The number of rotatable bonds is 7. The van der Waals surface area contributed by atoms with Gasteiger partial charge in [0.05, 0.1) is 5.75 Å². The summed E-state index contributed by atoms with van der Waals surface area (Å²) < 4.78 is 25.6. The maximum absolute atomic E-state index is 12.9. The van der Waals surface area contributed by atoms with Crippen LogP contribution < -0.4 is 5.32 Å². The smallest absolute Gasteiger partial charge is 0.230 e. The minimum absolute atomic E-state index is 0.0979. The second-order valence-corrected chi connectivity index (χ2v) is 5.33. The van der Waals surface area contributed by atoms with Crippen molar-refractivity contribution in [3.05, 3.63) is 29.8 Å². The number of amides is 1. The molecule has 0 aliphatic rings. The Balaban J connectivity index is 2.31. The summed E-state index contributed by atoms with van der Waals surface area (Å²) in [6, 6.07) is 3.55. The maximum atomic E-state index is 12.9. The molecule has 1 unspecified atom stereocenters. The molecule has 0 heterocycles. The second kappa shape index (κ2) is 8.12. The standard InChI is InChI=1S/C13H17F2NO2S/c1-9(4-5-17)7-16-13(18)8-19-10-2-3-11(14)12(15)6-10/h2-3,6,9,17H,4-5,7-8H2,1H3,(H,16,18). The van der Waals surface area contributed by atoms with Crippen molar-refractivity contribution >= 4 is 17.7 Å². The fourth-order valence-corrected chi connectivity index (χ4v) is 2.13. The van der Waals surface area contributed by atoms with Crippen molar-refractivity contribution in [1.82, 2.24) is 5.32 Å². The first-order valence-corrected chi connectivity index (χ1v) is 6.97. The van der Waals surface area contributed by atoms with Crippen LogP contribution in [0.2, 0.25) is 0 Å². The Kier molecular flexibility index (Phi) is 6.80. The zero-order valence-electron chi connectivity index (χ0n) is 10.7. The highest BCUT2D eigenvalue weighted by Crippen LogP contribution is 2.20. The van der Waals surface area contributed by atoms with Crippen molar-refractivity contribution in [2.75, 3.05) is 18.9 Å². The number of aliphatic hydroxyl groups is 1. The van der Waals surface area contributed by atoms with Gasteiger partial charge in [0.15, 0.2) is 11.6 Å². The number of thioether (sulfide) groups is 1. The first-order valence-electron chi connectivity index (χ1n) is 5.98. The number of aliphatic hydroxyl groups excluding tert-OH is 1. The Labute approximate surface area is 115 Å². The van der Waals surface area contributed by atoms with E-state index in [0.29, 0.717) is 17.9 Å². The molecule has 1 atom stereocenters. The number of hydrogen-bond acceptors (Lipinski definition) is 3. The second-order valence-electron chi connectivity index (χ2n) is 4.29. The molecule has 0 fully saturated rings. The third kappa shape index (κ3) is 6.02. The van der Waals surface area contributed by atoms with Gasteiger partial charge in [-0.15, -0.1) is 11.8 Å². The topological polar surface area (TPSA) is 49.3 Å². The minimum atomic E-state index is -0.915. The van der Waals surface area contributed by atoms with E-state index in [0.717, 1.165) is 23.9 Å². The molecule has 0 spiro atoms. The lowest BCUT2D eigenvalue weighted by atomic mass is 10.1. The Bertz CT molecular complexity index is 429. The van der Waals surface area contributed by atoms with E-state index >= 15 is 0 Å². The molecule has 106 valence electrons. The summed E-state index contributed by atoms with van der Waals surface area (Å²) >= 11 is 1.15. The monoisotopic (exact) mass is 289 g/mol. The lowest BCUT2D eigenvalue weighted by Crippen LogP contribution is -2.30. The van der Waals surface area contributed by atoms with E-state index in [1.807, 2.05) is 6.92 Å². The van der Waals surface area contributed by atoms with Crippen LogP contribution in [-0.2, 0) is 4.79 Å². The molecule has 1 aromatic rings. The van der Waals surface area contributed by atoms with Crippen molar-refractivity contribution in [2.45, 2.75) is 18.2 Å². The molecule has 0 saturated carbocycles. The van der Waals surface area contributed by atoms with Crippen molar-refractivity contribution in [3.8, 4) is 0 Å². The summed E-state index contributed by atoms with van der Waals surface area (Å²) in [7, 11) is 0. The highest BCUT2D eigenvalue weighted by Gasteiger charge is 2.07. The van der Waals surface area contributed by atoms with Crippen LogP contribution in [0.3, 0.4) is 0 Å². The Morgan fingerprint density at radius 2 is 2.16 bits per heavy atom. The molecule has 1 aromatic carbocycles. The molecular weight excluding hydrogens is 272 g/mol. The van der Waals surface area contributed by atoms with Gasteiger partial charge in [0, 0.05) is 18.0 Å². The van der Waals surface area contributed by atoms with Gasteiger partial charge in [0.1, 0.15) is 0 Å². The summed E-state index contributed by atoms with van der Waals surface area (Å²) in [6.07, 6.45) is 0.636. The van der Waals surface area contributed by atoms with Gasteiger partial charge >= 0.3 is 0 Å². The minimum Gasteiger partial charge on any atom is -0.396 e. The number of benzene rings is 1. The summed E-state index contributed by atoms with van der Waals surface area (Å²) in [4.78, 5) is 12.0. The van der Waals surface area contributed by atoms with Crippen LogP contribution in [0, 0.1) is 17.6 Å². The summed E-state index contributed by atoms with van der Waals surface area (Å²) in [5.41, 5.74) is 0. The molecule has 0 aliphatic heterocycles. The van der Waals surface area contributed by atoms with Gasteiger partial charge in [-0.3, -0.25) is 4.79 Å². The molecule has 0 aliphatic carbocycles. The van der Waals surface area contributed by atoms with Crippen LogP contribution in [0.1, 0.15) is 13.3 Å². The highest BCUT2D eigenvalue weighted by molar-refractivity contribution is 8.00. The van der Waals surface area contributed by atoms with Crippen LogP contribution in [-0.4, -0.2) is 29.9 Å². The summed E-state index contributed by atoms with van der Waals surface area (Å²) in [5.74, 6) is -1.62. The third-order valence-electron chi connectivity index (χ3n) is 2.53. The molecule has 6 heteroatoms. The van der Waals surface area contributed by atoms with Crippen LogP contribution in [0.15, 0.2) is 23.1 Å². The molecule has 0 bridgehead atoms. The zero-order valence-corrected chi connectivity index (χ0v) is 11.5. The van der Waals surface area contributed by atoms with E-state index in [4.69, 9.17) is 5.11 Å². The highest BCUT2D eigenvalue weighted by atomic mass is 32.2. The molecular formula is C13H17F2NO2S. The van der Waals surface area contributed by atoms with Gasteiger partial charge in [-0.05, 0) is 30.5 Å². The number of hydrogen-bond donors (Lipinski definition) is 2. The van der Waals surface area contributed by atoms with E-state index in [2.05, 4.69) is 5.32 Å². The quantitative estimate of drug-likeness (QED) is 0.757. The lowest BCUT2D eigenvalue weighted by Gasteiger charge is -2.10. The predicted molar refractivity (Wildman–Crippen MR) is 71.0 cm³/mol. The molecule has 1 rings (SSSR count). The number of carbonyl (C=O) groups is 1. The van der Waals surface area contributed by atoms with E-state index in [1.165, 1.54) is 6.07 Å². The van der Waals surface area contributed by atoms with Crippen molar-refractivity contribution in [3.63, 3.8) is 0 Å². The van der Waals surface area contributed by atoms with E-state index in [9.17, 15) is 13.6 Å². The largest absolute Gasteiger partial charge is 0.396 e. The van der Waals surface area contributed by atoms with Crippen molar-refractivity contribution in [2.24, 2.45) is 5.92 Å². The molecule has 0 saturated heterocycles. The number of nitrogens with one attached hydrogen (secondary N) is 1. The third-order valence-corrected chi connectivity index (χ3v) is 3.52. The predicted octanol–water partition coefficient (Wildman–Crippen LogP) is 2.19. The molecule has 0 aromatic heterocycles. The SMILES string of the molecule is CC(CCO)CNC(=O)CSc1ccc(F)c(F)c1. The van der Waals surface area contributed by atoms with Gasteiger partial charge in [0.2, 0.25) is 5.91 Å². The molecule has 0 radical (unpaired) electrons. The normalized spacial score (nSPS) is 12.2. The van der Waals surface area contributed by atoms with Gasteiger partial charge in [-0.25, -0.2) is 8.78 Å². The summed E-state index contributed by atoms with van der Waals surface area (Å²) in [6.45, 7) is 2.53. The van der Waals surface area contributed by atoms with Gasteiger partial charge in [-0.2, -0.15) is 0 Å². The number of carbonyl (C=O) groups excluding carboxylic acids is 1. The van der Waals surface area contributed by atoms with E-state index in [1.54, 1.807) is 0 Å².